The number of nitrogens with one attached hydrogen (secondary N) is 2. The smallest absolute Gasteiger partial charge is 0.205 e. The first-order valence-electron chi connectivity index (χ1n) is 12.5. The number of benzene rings is 1. The highest BCUT2D eigenvalue weighted by Gasteiger charge is 2.24. The maximum Gasteiger partial charge on any atom is 0.205 e. The van der Waals surface area contributed by atoms with Crippen LogP contribution in [0.3, 0.4) is 0 Å². The topological polar surface area (TPSA) is 137 Å². The molecule has 9 nitrogen and oxygen atoms in total. The van der Waals surface area contributed by atoms with Gasteiger partial charge in [0.25, 0.3) is 0 Å². The molecular formula is C26H29Cl2FN6O3. The van der Waals surface area contributed by atoms with Crippen LogP contribution >= 0.6 is 23.2 Å². The van der Waals surface area contributed by atoms with Crippen LogP contribution in [0, 0.1) is 5.82 Å². The molecule has 0 amide bonds. The Kier molecular flexibility index (Phi) is 8.23. The van der Waals surface area contributed by atoms with Crippen molar-refractivity contribution in [2.24, 2.45) is 5.73 Å². The average molecular weight is 563 g/mol. The number of pyridine rings is 1. The lowest BCUT2D eigenvalue weighted by Crippen LogP contribution is -2.27. The number of hydrogen-bond acceptors (Lipinski definition) is 8. The molecule has 3 aromatic heterocycles. The number of piperidine rings is 1. The largest absolute Gasteiger partial charge is 0.492 e. The van der Waals surface area contributed by atoms with Gasteiger partial charge in [-0.1, -0.05) is 23.2 Å². The van der Waals surface area contributed by atoms with Gasteiger partial charge in [0.1, 0.15) is 17.8 Å². The Balaban J connectivity index is 1.38. The lowest BCUT2D eigenvalue weighted by molar-refractivity contribution is 0.309. The highest BCUT2D eigenvalue weighted by Crippen LogP contribution is 2.41. The number of nitrogens with two attached hydrogens (primary N) is 2. The number of aromatic nitrogens is 3. The van der Waals surface area contributed by atoms with Crippen molar-refractivity contribution in [2.45, 2.75) is 31.6 Å². The molecule has 0 bridgehead atoms. The number of ether oxygens (including phenoxy) is 2. The van der Waals surface area contributed by atoms with E-state index < -0.39 is 5.82 Å². The summed E-state index contributed by atoms with van der Waals surface area (Å²) < 4.78 is 32.0. The van der Waals surface area contributed by atoms with Crippen molar-refractivity contribution in [2.75, 3.05) is 38.6 Å². The molecule has 1 fully saturated rings. The molecule has 6 N–H and O–H groups in total. The SMILES string of the molecule is NCCCOc1cc(F)c(Cl)c(CCOc2c(N)ncc3c(-c4cn[nH]c4C4CCNCC4)coc23)c1Cl. The van der Waals surface area contributed by atoms with Crippen molar-refractivity contribution < 1.29 is 18.3 Å². The van der Waals surface area contributed by atoms with Crippen LogP contribution in [-0.2, 0) is 6.42 Å². The van der Waals surface area contributed by atoms with E-state index >= 15 is 0 Å². The molecular weight excluding hydrogens is 534 g/mol. The van der Waals surface area contributed by atoms with Gasteiger partial charge in [-0.15, -0.1) is 0 Å². The van der Waals surface area contributed by atoms with Crippen molar-refractivity contribution in [3.63, 3.8) is 0 Å². The quantitative estimate of drug-likeness (QED) is 0.155. The Morgan fingerprint density at radius 3 is 2.71 bits per heavy atom. The first kappa shape index (κ1) is 26.6. The normalized spacial score (nSPS) is 14.3. The summed E-state index contributed by atoms with van der Waals surface area (Å²) in [5.41, 5.74) is 15.4. The third kappa shape index (κ3) is 5.26. The van der Waals surface area contributed by atoms with Gasteiger partial charge in [-0.2, -0.15) is 5.10 Å². The number of nitrogen functional groups attached to an aromatic ring is 1. The standard InChI is InChI=1S/C26H29Cl2FN6O3/c27-21-15(22(28)20(10-19(21)29)36-8-1-5-30)4-9-37-25-24-17(11-33-26(25)31)18(13-38-24)16-12-34-35-23(16)14-2-6-32-7-3-14/h10-14,32H,1-9,30H2,(H2,31,33)(H,34,35). The predicted molar refractivity (Wildman–Crippen MR) is 146 cm³/mol. The Bertz CT molecular complexity index is 1420. The van der Waals surface area contributed by atoms with E-state index in [1.165, 1.54) is 6.07 Å². The number of anilines is 1. The van der Waals surface area contributed by atoms with Crippen LogP contribution in [0.5, 0.6) is 11.5 Å². The number of aromatic amines is 1. The van der Waals surface area contributed by atoms with Gasteiger partial charge in [-0.25, -0.2) is 9.37 Å². The first-order chi connectivity index (χ1) is 18.5. The number of halogens is 3. The van der Waals surface area contributed by atoms with Gasteiger partial charge in [-0.3, -0.25) is 5.10 Å². The van der Waals surface area contributed by atoms with Crippen molar-refractivity contribution in [1.29, 1.82) is 0 Å². The number of furan rings is 1. The molecule has 0 radical (unpaired) electrons. The summed E-state index contributed by atoms with van der Waals surface area (Å²) in [5.74, 6) is 0.425. The maximum absolute atomic E-state index is 14.5. The fourth-order valence-corrected chi connectivity index (χ4v) is 5.33. The van der Waals surface area contributed by atoms with E-state index in [-0.39, 0.29) is 34.6 Å². The molecule has 0 spiro atoms. The third-order valence-corrected chi connectivity index (χ3v) is 7.55. The van der Waals surface area contributed by atoms with E-state index in [2.05, 4.69) is 20.5 Å². The monoisotopic (exact) mass is 562 g/mol. The van der Waals surface area contributed by atoms with Gasteiger partial charge in [0, 0.05) is 41.4 Å². The van der Waals surface area contributed by atoms with Crippen LogP contribution < -0.4 is 26.3 Å². The van der Waals surface area contributed by atoms with Crippen molar-refractivity contribution in [3.05, 3.63) is 51.8 Å². The van der Waals surface area contributed by atoms with Crippen LogP contribution in [0.1, 0.15) is 36.4 Å². The zero-order chi connectivity index (χ0) is 26.6. The zero-order valence-corrected chi connectivity index (χ0v) is 22.2. The molecule has 0 aliphatic carbocycles. The number of hydrogen-bond donors (Lipinski definition) is 4. The van der Waals surface area contributed by atoms with Crippen molar-refractivity contribution in [1.82, 2.24) is 20.5 Å². The van der Waals surface area contributed by atoms with Gasteiger partial charge in [0.15, 0.2) is 11.4 Å². The van der Waals surface area contributed by atoms with E-state index in [4.69, 9.17) is 48.6 Å². The summed E-state index contributed by atoms with van der Waals surface area (Å²) in [6.45, 7) is 2.79. The van der Waals surface area contributed by atoms with Crippen molar-refractivity contribution in [3.8, 4) is 22.6 Å². The number of rotatable bonds is 10. The molecule has 0 unspecified atom stereocenters. The zero-order valence-electron chi connectivity index (χ0n) is 20.7. The molecule has 1 saturated heterocycles. The summed E-state index contributed by atoms with van der Waals surface area (Å²) in [4.78, 5) is 4.33. The lowest BCUT2D eigenvalue weighted by Gasteiger charge is -2.22. The van der Waals surface area contributed by atoms with Gasteiger partial charge in [0.05, 0.1) is 34.8 Å². The molecule has 0 saturated carbocycles. The Morgan fingerprint density at radius 2 is 1.92 bits per heavy atom. The Labute approximate surface area is 229 Å². The Morgan fingerprint density at radius 1 is 1.11 bits per heavy atom. The summed E-state index contributed by atoms with van der Waals surface area (Å²) >= 11 is 12.7. The van der Waals surface area contributed by atoms with Crippen LogP contribution in [0.15, 0.2) is 29.1 Å². The fraction of sp³-hybridized carbons (Fsp3) is 0.385. The minimum Gasteiger partial charge on any atom is -0.492 e. The van der Waals surface area contributed by atoms with E-state index in [9.17, 15) is 4.39 Å². The molecule has 202 valence electrons. The molecule has 38 heavy (non-hydrogen) atoms. The molecule has 4 aromatic rings. The summed E-state index contributed by atoms with van der Waals surface area (Å²) in [6, 6.07) is 1.17. The second-order valence-electron chi connectivity index (χ2n) is 9.14. The summed E-state index contributed by atoms with van der Waals surface area (Å²) in [7, 11) is 0. The van der Waals surface area contributed by atoms with E-state index in [0.717, 1.165) is 48.1 Å². The highest BCUT2D eigenvalue weighted by molar-refractivity contribution is 6.37. The molecule has 12 heteroatoms. The van der Waals surface area contributed by atoms with E-state index in [1.807, 2.05) is 0 Å². The van der Waals surface area contributed by atoms with Crippen LogP contribution in [0.4, 0.5) is 10.2 Å². The number of fused-ring (bicyclic) bond motifs is 1. The molecule has 1 aliphatic heterocycles. The minimum atomic E-state index is -0.627. The fourth-order valence-electron chi connectivity index (χ4n) is 4.74. The number of nitrogens with zero attached hydrogens (tertiary/aromatic N) is 2. The van der Waals surface area contributed by atoms with Gasteiger partial charge in [0.2, 0.25) is 5.75 Å². The van der Waals surface area contributed by atoms with Gasteiger partial charge in [-0.05, 0) is 44.5 Å². The summed E-state index contributed by atoms with van der Waals surface area (Å²) in [5, 5.41) is 11.8. The van der Waals surface area contributed by atoms with Gasteiger partial charge >= 0.3 is 0 Å². The second-order valence-corrected chi connectivity index (χ2v) is 9.89. The molecule has 1 aliphatic rings. The van der Waals surface area contributed by atoms with Gasteiger partial charge < -0.3 is 30.7 Å². The second kappa shape index (κ2) is 11.8. The molecule has 1 aromatic carbocycles. The van der Waals surface area contributed by atoms with Crippen LogP contribution in [0.2, 0.25) is 10.0 Å². The van der Waals surface area contributed by atoms with E-state index in [0.29, 0.717) is 42.4 Å². The first-order valence-corrected chi connectivity index (χ1v) is 13.3. The predicted octanol–water partition coefficient (Wildman–Crippen LogP) is 5.06. The minimum absolute atomic E-state index is 0.0836. The molecule has 0 atom stereocenters. The maximum atomic E-state index is 14.5. The van der Waals surface area contributed by atoms with Crippen LogP contribution in [0.25, 0.3) is 22.1 Å². The van der Waals surface area contributed by atoms with Crippen molar-refractivity contribution >= 4 is 40.0 Å². The molecule has 5 rings (SSSR count). The highest BCUT2D eigenvalue weighted by atomic mass is 35.5. The third-order valence-electron chi connectivity index (χ3n) is 6.73. The van der Waals surface area contributed by atoms with E-state index in [1.54, 1.807) is 18.7 Å². The number of H-pyrrole nitrogens is 1. The molecule has 4 heterocycles. The Hall–Kier alpha value is -3.05. The lowest BCUT2D eigenvalue weighted by atomic mass is 9.90. The average Bonchev–Trinajstić information content (AvgIpc) is 3.58. The summed E-state index contributed by atoms with van der Waals surface area (Å²) in [6.07, 6.45) is 8.00. The van der Waals surface area contributed by atoms with Crippen LogP contribution in [-0.4, -0.2) is 48.0 Å².